The summed E-state index contributed by atoms with van der Waals surface area (Å²) in [5.41, 5.74) is 1.24. The second-order valence-electron chi connectivity index (χ2n) is 10.9. The van der Waals surface area contributed by atoms with Crippen LogP contribution >= 0.6 is 23.2 Å². The quantitative estimate of drug-likeness (QED) is 0.403. The minimum Gasteiger partial charge on any atom is -0.357 e. The normalized spacial score (nSPS) is 21.6. The molecule has 2 aromatic rings. The van der Waals surface area contributed by atoms with Crippen molar-refractivity contribution < 1.29 is 31.2 Å². The van der Waals surface area contributed by atoms with E-state index in [1.54, 1.807) is 76.2 Å². The number of benzene rings is 2. The SMILES string of the molecule is C[C@@H](CS(=O)(=O)C(C)(C)C)N1C(=O)[C@H](CC(=O)CS(C)(=O)=O)O[C@H](c2cccc(Cl)c2)[C@H]1c1ccc(Cl)cc1. The first-order valence-electron chi connectivity index (χ1n) is 12.3. The summed E-state index contributed by atoms with van der Waals surface area (Å²) in [6.07, 6.45) is -1.72. The van der Waals surface area contributed by atoms with Crippen molar-refractivity contribution >= 4 is 54.6 Å². The summed E-state index contributed by atoms with van der Waals surface area (Å²) in [6.45, 7) is 6.41. The van der Waals surface area contributed by atoms with Crippen molar-refractivity contribution in [3.63, 3.8) is 0 Å². The second kappa shape index (κ2) is 11.9. The molecule has 0 bridgehead atoms. The van der Waals surface area contributed by atoms with Gasteiger partial charge in [-0.25, -0.2) is 16.8 Å². The molecule has 0 radical (unpaired) electrons. The van der Waals surface area contributed by atoms with Crippen molar-refractivity contribution in [2.24, 2.45) is 0 Å². The lowest BCUT2D eigenvalue weighted by molar-refractivity contribution is -0.179. The zero-order valence-corrected chi connectivity index (χ0v) is 25.6. The molecule has 39 heavy (non-hydrogen) atoms. The fraction of sp³-hybridized carbons (Fsp3) is 0.481. The van der Waals surface area contributed by atoms with E-state index in [4.69, 9.17) is 27.9 Å². The molecule has 0 saturated carbocycles. The van der Waals surface area contributed by atoms with Crippen LogP contribution in [0, 0.1) is 0 Å². The first kappa shape index (κ1) is 31.5. The predicted molar refractivity (Wildman–Crippen MR) is 152 cm³/mol. The van der Waals surface area contributed by atoms with Crippen LogP contribution in [0.3, 0.4) is 0 Å². The summed E-state index contributed by atoms with van der Waals surface area (Å²) in [4.78, 5) is 28.0. The second-order valence-corrected chi connectivity index (χ2v) is 16.7. The summed E-state index contributed by atoms with van der Waals surface area (Å²) in [5.74, 6) is -2.36. The highest BCUT2D eigenvalue weighted by atomic mass is 35.5. The third kappa shape index (κ3) is 7.82. The van der Waals surface area contributed by atoms with E-state index >= 15 is 0 Å². The molecule has 2 aromatic carbocycles. The van der Waals surface area contributed by atoms with Crippen LogP contribution in [0.2, 0.25) is 10.0 Å². The molecule has 1 aliphatic heterocycles. The number of carbonyl (C=O) groups is 2. The first-order chi connectivity index (χ1) is 17.9. The van der Waals surface area contributed by atoms with Gasteiger partial charge in [-0.05, 0) is 63.1 Å². The highest BCUT2D eigenvalue weighted by molar-refractivity contribution is 7.92. The molecule has 3 rings (SSSR count). The average molecular weight is 619 g/mol. The maximum absolute atomic E-state index is 14.0. The van der Waals surface area contributed by atoms with Gasteiger partial charge in [0, 0.05) is 28.8 Å². The Morgan fingerprint density at radius 1 is 1.00 bits per heavy atom. The van der Waals surface area contributed by atoms with E-state index in [1.807, 2.05) is 0 Å². The maximum Gasteiger partial charge on any atom is 0.253 e. The number of nitrogens with zero attached hydrogens (tertiary/aromatic N) is 1. The molecular weight excluding hydrogens is 585 g/mol. The van der Waals surface area contributed by atoms with Gasteiger partial charge in [-0.15, -0.1) is 0 Å². The van der Waals surface area contributed by atoms with Gasteiger partial charge >= 0.3 is 0 Å². The molecule has 0 aliphatic carbocycles. The summed E-state index contributed by atoms with van der Waals surface area (Å²) in [6, 6.07) is 12.0. The van der Waals surface area contributed by atoms with Gasteiger partial charge in [0.15, 0.2) is 25.5 Å². The molecule has 0 spiro atoms. The molecule has 0 N–H and O–H groups in total. The van der Waals surface area contributed by atoms with Gasteiger partial charge in [0.25, 0.3) is 5.91 Å². The maximum atomic E-state index is 14.0. The number of halogens is 2. The molecule has 214 valence electrons. The lowest BCUT2D eigenvalue weighted by Crippen LogP contribution is -2.56. The average Bonchev–Trinajstić information content (AvgIpc) is 2.78. The highest BCUT2D eigenvalue weighted by Crippen LogP contribution is 2.44. The minimum absolute atomic E-state index is 0.335. The van der Waals surface area contributed by atoms with Crippen LogP contribution in [0.25, 0.3) is 0 Å². The van der Waals surface area contributed by atoms with Gasteiger partial charge in [0.1, 0.15) is 18.0 Å². The van der Waals surface area contributed by atoms with Gasteiger partial charge in [0.05, 0.1) is 16.5 Å². The molecule has 4 atom stereocenters. The van der Waals surface area contributed by atoms with Crippen molar-refractivity contribution in [3.8, 4) is 0 Å². The topological polar surface area (TPSA) is 115 Å². The Bertz CT molecular complexity index is 1440. The molecular formula is C27H33Cl2NO7S2. The number of carbonyl (C=O) groups excluding carboxylic acids is 2. The number of hydrogen-bond donors (Lipinski definition) is 0. The Kier molecular flexibility index (Phi) is 9.60. The van der Waals surface area contributed by atoms with Crippen LogP contribution in [-0.4, -0.2) is 68.1 Å². The predicted octanol–water partition coefficient (Wildman–Crippen LogP) is 4.61. The zero-order chi connectivity index (χ0) is 29.3. The van der Waals surface area contributed by atoms with Gasteiger partial charge in [-0.2, -0.15) is 0 Å². The van der Waals surface area contributed by atoms with Crippen LogP contribution in [-0.2, 0) is 34.0 Å². The number of Topliss-reactive ketones (excluding diaryl/α,β-unsaturated/α-hetero) is 1. The standard InChI is InChI=1S/C27H33Cl2NO7S2/c1-17(15-39(35,36)27(2,3)4)30-24(18-9-11-20(28)12-10-18)25(19-7-6-8-21(29)13-19)37-23(26(30)32)14-22(31)16-38(5,33)34/h6-13,17,23-25H,14-16H2,1-5H3/t17-,23-,24+,25+/m0/s1. The number of hydrogen-bond acceptors (Lipinski definition) is 7. The number of morpholine rings is 1. The lowest BCUT2D eigenvalue weighted by atomic mass is 9.90. The van der Waals surface area contributed by atoms with E-state index in [1.165, 1.54) is 4.90 Å². The van der Waals surface area contributed by atoms with E-state index in [-0.39, 0.29) is 5.75 Å². The van der Waals surface area contributed by atoms with E-state index in [0.29, 0.717) is 21.2 Å². The van der Waals surface area contributed by atoms with Crippen molar-refractivity contribution in [1.82, 2.24) is 4.90 Å². The van der Waals surface area contributed by atoms with E-state index < -0.39 is 72.6 Å². The molecule has 1 fully saturated rings. The van der Waals surface area contributed by atoms with Gasteiger partial charge in [-0.3, -0.25) is 9.59 Å². The largest absolute Gasteiger partial charge is 0.357 e. The third-order valence-electron chi connectivity index (χ3n) is 6.52. The molecule has 0 unspecified atom stereocenters. The highest BCUT2D eigenvalue weighted by Gasteiger charge is 2.48. The van der Waals surface area contributed by atoms with E-state index in [0.717, 1.165) is 6.26 Å². The number of ether oxygens (including phenoxy) is 1. The third-order valence-corrected chi connectivity index (χ3v) is 10.6. The molecule has 12 heteroatoms. The van der Waals surface area contributed by atoms with Crippen molar-refractivity contribution in [2.75, 3.05) is 17.8 Å². The molecule has 1 amide bonds. The minimum atomic E-state index is -3.66. The number of amides is 1. The number of rotatable bonds is 9. The van der Waals surface area contributed by atoms with Crippen LogP contribution in [0.5, 0.6) is 0 Å². The van der Waals surface area contributed by atoms with Crippen LogP contribution < -0.4 is 0 Å². The van der Waals surface area contributed by atoms with Crippen LogP contribution in [0.4, 0.5) is 0 Å². The van der Waals surface area contributed by atoms with Gasteiger partial charge in [0.2, 0.25) is 0 Å². The Labute approximate surface area is 240 Å². The van der Waals surface area contributed by atoms with Crippen LogP contribution in [0.15, 0.2) is 48.5 Å². The van der Waals surface area contributed by atoms with E-state index in [2.05, 4.69) is 0 Å². The molecule has 0 aromatic heterocycles. The molecule has 1 saturated heterocycles. The Morgan fingerprint density at radius 3 is 2.15 bits per heavy atom. The summed E-state index contributed by atoms with van der Waals surface area (Å²) in [7, 11) is -7.29. The van der Waals surface area contributed by atoms with Crippen molar-refractivity contribution in [2.45, 2.75) is 63.2 Å². The molecule has 1 heterocycles. The lowest BCUT2D eigenvalue weighted by Gasteiger charge is -2.47. The summed E-state index contributed by atoms with van der Waals surface area (Å²) >= 11 is 12.4. The number of ketones is 1. The first-order valence-corrected chi connectivity index (χ1v) is 16.8. The van der Waals surface area contributed by atoms with Crippen molar-refractivity contribution in [3.05, 3.63) is 69.7 Å². The Morgan fingerprint density at radius 2 is 1.62 bits per heavy atom. The molecule has 1 aliphatic rings. The summed E-state index contributed by atoms with van der Waals surface area (Å²) < 4.78 is 55.0. The summed E-state index contributed by atoms with van der Waals surface area (Å²) in [5, 5.41) is 0.891. The van der Waals surface area contributed by atoms with Crippen LogP contribution in [0.1, 0.15) is 57.4 Å². The smallest absolute Gasteiger partial charge is 0.253 e. The van der Waals surface area contributed by atoms with Crippen molar-refractivity contribution in [1.29, 1.82) is 0 Å². The Balaban J connectivity index is 2.16. The van der Waals surface area contributed by atoms with E-state index in [9.17, 15) is 26.4 Å². The zero-order valence-electron chi connectivity index (χ0n) is 22.4. The number of sulfone groups is 2. The Hall–Kier alpha value is -1.98. The van der Waals surface area contributed by atoms with Gasteiger partial charge in [-0.1, -0.05) is 47.5 Å². The molecule has 8 nitrogen and oxygen atoms in total. The fourth-order valence-corrected chi connectivity index (χ4v) is 6.85. The fourth-order valence-electron chi connectivity index (χ4n) is 4.53. The van der Waals surface area contributed by atoms with Gasteiger partial charge < -0.3 is 9.64 Å². The monoisotopic (exact) mass is 617 g/mol.